The number of aryl methyl sites for hydroxylation is 1. The Morgan fingerprint density at radius 2 is 1.94 bits per heavy atom. The topological polar surface area (TPSA) is 23.5 Å². The van der Waals surface area contributed by atoms with Gasteiger partial charge in [-0.15, -0.1) is 0 Å². The van der Waals surface area contributed by atoms with E-state index in [4.69, 9.17) is 0 Å². The number of aliphatic hydroxyl groups is 1. The molecular weight excluding hydrogens is 205 g/mol. The van der Waals surface area contributed by atoms with E-state index in [9.17, 15) is 9.50 Å². The summed E-state index contributed by atoms with van der Waals surface area (Å²) in [5, 5.41) is 10.5. The Morgan fingerprint density at radius 1 is 1.31 bits per heavy atom. The molecule has 1 aliphatic heterocycles. The Balaban J connectivity index is 2.25. The van der Waals surface area contributed by atoms with Gasteiger partial charge in [0, 0.05) is 13.1 Å². The average Bonchev–Trinajstić information content (AvgIpc) is 2.26. The van der Waals surface area contributed by atoms with Crippen molar-refractivity contribution in [3.63, 3.8) is 0 Å². The number of halogens is 1. The van der Waals surface area contributed by atoms with Gasteiger partial charge >= 0.3 is 0 Å². The molecule has 2 nitrogen and oxygen atoms in total. The maximum absolute atomic E-state index is 13.5. The Kier molecular flexibility index (Phi) is 3.00. The zero-order valence-electron chi connectivity index (χ0n) is 9.83. The third kappa shape index (κ3) is 2.11. The first-order valence-corrected chi connectivity index (χ1v) is 5.69. The molecule has 0 atom stereocenters. The van der Waals surface area contributed by atoms with E-state index in [1.165, 1.54) is 6.07 Å². The number of likely N-dealkylation sites (tertiary alicyclic amines) is 1. The maximum Gasteiger partial charge on any atom is 0.126 e. The molecule has 0 spiro atoms. The first-order chi connectivity index (χ1) is 7.51. The van der Waals surface area contributed by atoms with Gasteiger partial charge in [0.25, 0.3) is 0 Å². The molecule has 88 valence electrons. The quantitative estimate of drug-likeness (QED) is 0.787. The van der Waals surface area contributed by atoms with Gasteiger partial charge in [0.05, 0.1) is 5.60 Å². The predicted molar refractivity (Wildman–Crippen MR) is 61.8 cm³/mol. The van der Waals surface area contributed by atoms with E-state index < -0.39 is 5.60 Å². The average molecular weight is 223 g/mol. The van der Waals surface area contributed by atoms with Crippen LogP contribution in [0.4, 0.5) is 4.39 Å². The third-order valence-electron chi connectivity index (χ3n) is 3.52. The lowest BCUT2D eigenvalue weighted by molar-refractivity contribution is -0.0205. The van der Waals surface area contributed by atoms with Crippen LogP contribution in [0, 0.1) is 12.7 Å². The molecule has 16 heavy (non-hydrogen) atoms. The fraction of sp³-hybridized carbons (Fsp3) is 0.538. The molecule has 1 heterocycles. The van der Waals surface area contributed by atoms with Crippen molar-refractivity contribution in [3.8, 4) is 0 Å². The van der Waals surface area contributed by atoms with Gasteiger partial charge in [-0.3, -0.25) is 0 Å². The van der Waals surface area contributed by atoms with Gasteiger partial charge in [0.1, 0.15) is 5.82 Å². The van der Waals surface area contributed by atoms with Gasteiger partial charge in [-0.1, -0.05) is 12.1 Å². The minimum atomic E-state index is -0.846. The molecular formula is C13H18FNO. The smallest absolute Gasteiger partial charge is 0.126 e. The lowest BCUT2D eigenvalue weighted by Crippen LogP contribution is -2.40. The van der Waals surface area contributed by atoms with Crippen molar-refractivity contribution in [2.75, 3.05) is 20.1 Å². The van der Waals surface area contributed by atoms with E-state index >= 15 is 0 Å². The molecule has 1 aliphatic rings. The monoisotopic (exact) mass is 223 g/mol. The second kappa shape index (κ2) is 4.15. The van der Waals surface area contributed by atoms with Crippen LogP contribution < -0.4 is 0 Å². The van der Waals surface area contributed by atoms with Gasteiger partial charge in [-0.05, 0) is 44.0 Å². The summed E-state index contributed by atoms with van der Waals surface area (Å²) in [6.07, 6.45) is 1.35. The summed E-state index contributed by atoms with van der Waals surface area (Å²) < 4.78 is 13.5. The van der Waals surface area contributed by atoms with Crippen LogP contribution in [-0.4, -0.2) is 30.1 Å². The first-order valence-electron chi connectivity index (χ1n) is 5.69. The van der Waals surface area contributed by atoms with E-state index in [2.05, 4.69) is 4.90 Å². The Bertz CT molecular complexity index is 384. The van der Waals surface area contributed by atoms with Crippen molar-refractivity contribution >= 4 is 0 Å². The van der Waals surface area contributed by atoms with Gasteiger partial charge in [0.2, 0.25) is 0 Å². The molecule has 1 N–H and O–H groups in total. The SMILES string of the molecule is Cc1ccc(C2(O)CCN(C)CC2)cc1F. The van der Waals surface area contributed by atoms with Crippen molar-refractivity contribution in [2.45, 2.75) is 25.4 Å². The van der Waals surface area contributed by atoms with Crippen molar-refractivity contribution in [2.24, 2.45) is 0 Å². The highest BCUT2D eigenvalue weighted by Gasteiger charge is 2.33. The zero-order valence-corrected chi connectivity index (χ0v) is 9.83. The van der Waals surface area contributed by atoms with Crippen LogP contribution in [0.1, 0.15) is 24.0 Å². The maximum atomic E-state index is 13.5. The third-order valence-corrected chi connectivity index (χ3v) is 3.52. The number of benzene rings is 1. The van der Waals surface area contributed by atoms with E-state index in [-0.39, 0.29) is 5.82 Å². The Morgan fingerprint density at radius 3 is 2.50 bits per heavy atom. The molecule has 1 fully saturated rings. The standard InChI is InChI=1S/C13H18FNO/c1-10-3-4-11(9-12(10)14)13(16)5-7-15(2)8-6-13/h3-4,9,16H,5-8H2,1-2H3. The molecule has 0 bridgehead atoms. The fourth-order valence-corrected chi connectivity index (χ4v) is 2.16. The highest BCUT2D eigenvalue weighted by atomic mass is 19.1. The molecule has 0 saturated carbocycles. The zero-order chi connectivity index (χ0) is 11.8. The molecule has 2 rings (SSSR count). The van der Waals surface area contributed by atoms with Crippen molar-refractivity contribution < 1.29 is 9.50 Å². The van der Waals surface area contributed by atoms with Crippen LogP contribution >= 0.6 is 0 Å². The van der Waals surface area contributed by atoms with Gasteiger partial charge in [0.15, 0.2) is 0 Å². The van der Waals surface area contributed by atoms with Crippen molar-refractivity contribution in [3.05, 3.63) is 35.1 Å². The number of nitrogens with zero attached hydrogens (tertiary/aromatic N) is 1. The summed E-state index contributed by atoms with van der Waals surface area (Å²) in [5.74, 6) is -0.232. The van der Waals surface area contributed by atoms with E-state index in [1.807, 2.05) is 13.1 Å². The molecule has 0 amide bonds. The lowest BCUT2D eigenvalue weighted by Gasteiger charge is -2.37. The number of rotatable bonds is 1. The summed E-state index contributed by atoms with van der Waals surface area (Å²) in [6, 6.07) is 5.05. The molecule has 0 aliphatic carbocycles. The Labute approximate surface area is 95.7 Å². The number of piperidine rings is 1. The minimum Gasteiger partial charge on any atom is -0.385 e. The number of hydrogen-bond donors (Lipinski definition) is 1. The molecule has 0 aromatic heterocycles. The lowest BCUT2D eigenvalue weighted by atomic mass is 9.84. The van der Waals surface area contributed by atoms with E-state index in [0.29, 0.717) is 24.0 Å². The summed E-state index contributed by atoms with van der Waals surface area (Å²) in [4.78, 5) is 2.18. The summed E-state index contributed by atoms with van der Waals surface area (Å²) in [6.45, 7) is 3.44. The largest absolute Gasteiger partial charge is 0.385 e. The number of hydrogen-bond acceptors (Lipinski definition) is 2. The van der Waals surface area contributed by atoms with Gasteiger partial charge < -0.3 is 10.0 Å². The molecule has 1 aromatic rings. The van der Waals surface area contributed by atoms with E-state index in [0.717, 1.165) is 13.1 Å². The molecule has 0 radical (unpaired) electrons. The van der Waals surface area contributed by atoms with Crippen LogP contribution in [0.25, 0.3) is 0 Å². The minimum absolute atomic E-state index is 0.232. The second-order valence-corrected chi connectivity index (χ2v) is 4.80. The van der Waals surface area contributed by atoms with Crippen LogP contribution in [0.2, 0.25) is 0 Å². The normalized spacial score (nSPS) is 21.0. The molecule has 3 heteroatoms. The van der Waals surface area contributed by atoms with Crippen LogP contribution in [0.3, 0.4) is 0 Å². The van der Waals surface area contributed by atoms with Crippen molar-refractivity contribution in [1.82, 2.24) is 4.90 Å². The van der Waals surface area contributed by atoms with Crippen molar-refractivity contribution in [1.29, 1.82) is 0 Å². The highest BCUT2D eigenvalue weighted by Crippen LogP contribution is 2.32. The molecule has 0 unspecified atom stereocenters. The highest BCUT2D eigenvalue weighted by molar-refractivity contribution is 5.28. The second-order valence-electron chi connectivity index (χ2n) is 4.80. The molecule has 1 aromatic carbocycles. The summed E-state index contributed by atoms with van der Waals surface area (Å²) >= 11 is 0. The first kappa shape index (κ1) is 11.6. The van der Waals surface area contributed by atoms with Crippen LogP contribution in [0.15, 0.2) is 18.2 Å². The van der Waals surface area contributed by atoms with Crippen LogP contribution in [-0.2, 0) is 5.60 Å². The summed E-state index contributed by atoms with van der Waals surface area (Å²) in [5.41, 5.74) is 0.491. The fourth-order valence-electron chi connectivity index (χ4n) is 2.16. The molecule has 1 saturated heterocycles. The van der Waals surface area contributed by atoms with Crippen LogP contribution in [0.5, 0.6) is 0 Å². The Hall–Kier alpha value is -0.930. The van der Waals surface area contributed by atoms with Gasteiger partial charge in [-0.2, -0.15) is 0 Å². The van der Waals surface area contributed by atoms with E-state index in [1.54, 1.807) is 13.0 Å². The summed E-state index contributed by atoms with van der Waals surface area (Å²) in [7, 11) is 2.04. The predicted octanol–water partition coefficient (Wildman–Crippen LogP) is 2.05. The van der Waals surface area contributed by atoms with Gasteiger partial charge in [-0.25, -0.2) is 4.39 Å².